The monoisotopic (exact) mass is 273 g/mol. The highest BCUT2D eigenvalue weighted by Gasteiger charge is 2.19. The fraction of sp³-hybridized carbons (Fsp3) is 0.929. The SMILES string of the molecule is COCCOCCCN1CCC(CCC(=O)O)CC1. The van der Waals surface area contributed by atoms with E-state index in [-0.39, 0.29) is 0 Å². The summed E-state index contributed by atoms with van der Waals surface area (Å²) < 4.78 is 10.3. The van der Waals surface area contributed by atoms with E-state index < -0.39 is 5.97 Å². The van der Waals surface area contributed by atoms with Gasteiger partial charge in [0.1, 0.15) is 0 Å². The van der Waals surface area contributed by atoms with Gasteiger partial charge in [-0.3, -0.25) is 4.79 Å². The van der Waals surface area contributed by atoms with Crippen LogP contribution in [0.5, 0.6) is 0 Å². The van der Waals surface area contributed by atoms with Crippen molar-refractivity contribution >= 4 is 5.97 Å². The standard InChI is InChI=1S/C14H27NO4/c1-18-11-12-19-10-2-7-15-8-5-13(6-9-15)3-4-14(16)17/h13H,2-12H2,1H3,(H,16,17). The molecule has 1 aliphatic rings. The average Bonchev–Trinajstić information content (AvgIpc) is 2.41. The van der Waals surface area contributed by atoms with Gasteiger partial charge >= 0.3 is 5.97 Å². The number of hydrogen-bond acceptors (Lipinski definition) is 4. The van der Waals surface area contributed by atoms with E-state index in [2.05, 4.69) is 4.90 Å². The van der Waals surface area contributed by atoms with Crippen LogP contribution in [0.3, 0.4) is 0 Å². The summed E-state index contributed by atoms with van der Waals surface area (Å²) in [5, 5.41) is 8.67. The molecule has 0 unspecified atom stereocenters. The van der Waals surface area contributed by atoms with Gasteiger partial charge in [0.05, 0.1) is 13.2 Å². The van der Waals surface area contributed by atoms with E-state index in [1.807, 2.05) is 0 Å². The summed E-state index contributed by atoms with van der Waals surface area (Å²) >= 11 is 0. The van der Waals surface area contributed by atoms with E-state index in [0.29, 0.717) is 25.6 Å². The summed E-state index contributed by atoms with van der Waals surface area (Å²) in [4.78, 5) is 13.0. The third-order valence-corrected chi connectivity index (χ3v) is 3.67. The molecule has 5 heteroatoms. The third kappa shape index (κ3) is 8.18. The number of methoxy groups -OCH3 is 1. The molecule has 0 aromatic carbocycles. The lowest BCUT2D eigenvalue weighted by atomic mass is 9.92. The number of likely N-dealkylation sites (tertiary alicyclic amines) is 1. The number of rotatable bonds is 10. The van der Waals surface area contributed by atoms with Crippen molar-refractivity contribution in [2.45, 2.75) is 32.1 Å². The highest BCUT2D eigenvalue weighted by atomic mass is 16.5. The van der Waals surface area contributed by atoms with E-state index in [9.17, 15) is 4.79 Å². The van der Waals surface area contributed by atoms with Crippen LogP contribution >= 0.6 is 0 Å². The second kappa shape index (κ2) is 10.2. The molecule has 112 valence electrons. The topological polar surface area (TPSA) is 59.0 Å². The summed E-state index contributed by atoms with van der Waals surface area (Å²) in [5.74, 6) is -0.0686. The molecule has 1 saturated heterocycles. The van der Waals surface area contributed by atoms with Crippen LogP contribution in [0.4, 0.5) is 0 Å². The molecule has 5 nitrogen and oxygen atoms in total. The molecule has 1 aliphatic heterocycles. The van der Waals surface area contributed by atoms with Crippen molar-refractivity contribution < 1.29 is 19.4 Å². The van der Waals surface area contributed by atoms with Gasteiger partial charge in [-0.05, 0) is 44.7 Å². The highest BCUT2D eigenvalue weighted by molar-refractivity contribution is 5.66. The normalized spacial score (nSPS) is 17.7. The zero-order chi connectivity index (χ0) is 13.9. The first-order valence-electron chi connectivity index (χ1n) is 7.23. The second-order valence-corrected chi connectivity index (χ2v) is 5.18. The van der Waals surface area contributed by atoms with Crippen molar-refractivity contribution in [3.63, 3.8) is 0 Å². The zero-order valence-corrected chi connectivity index (χ0v) is 12.0. The Balaban J connectivity index is 1.96. The van der Waals surface area contributed by atoms with Crippen LogP contribution in [0.15, 0.2) is 0 Å². The van der Waals surface area contributed by atoms with Crippen molar-refractivity contribution in [2.24, 2.45) is 5.92 Å². The Bertz CT molecular complexity index is 240. The minimum Gasteiger partial charge on any atom is -0.481 e. The van der Waals surface area contributed by atoms with Gasteiger partial charge in [-0.25, -0.2) is 0 Å². The number of carbonyl (C=O) groups is 1. The first-order chi connectivity index (χ1) is 9.22. The van der Waals surface area contributed by atoms with Gasteiger partial charge in [0, 0.05) is 26.7 Å². The van der Waals surface area contributed by atoms with E-state index in [1.165, 1.54) is 0 Å². The van der Waals surface area contributed by atoms with Gasteiger partial charge in [0.15, 0.2) is 0 Å². The van der Waals surface area contributed by atoms with Gasteiger partial charge in [0.2, 0.25) is 0 Å². The molecule has 0 radical (unpaired) electrons. The molecule has 1 heterocycles. The second-order valence-electron chi connectivity index (χ2n) is 5.18. The maximum Gasteiger partial charge on any atom is 0.303 e. The van der Waals surface area contributed by atoms with Crippen LogP contribution in [-0.2, 0) is 14.3 Å². The Morgan fingerprint density at radius 2 is 2.00 bits per heavy atom. The molecule has 0 aromatic heterocycles. The van der Waals surface area contributed by atoms with Gasteiger partial charge in [-0.1, -0.05) is 0 Å². The summed E-state index contributed by atoms with van der Waals surface area (Å²) in [6.45, 7) is 5.41. The maximum absolute atomic E-state index is 10.5. The minimum atomic E-state index is -0.671. The first kappa shape index (κ1) is 16.4. The maximum atomic E-state index is 10.5. The number of nitrogens with zero attached hydrogens (tertiary/aromatic N) is 1. The number of ether oxygens (including phenoxy) is 2. The van der Waals surface area contributed by atoms with Crippen LogP contribution in [0.1, 0.15) is 32.1 Å². The minimum absolute atomic E-state index is 0.317. The molecule has 0 bridgehead atoms. The number of piperidine rings is 1. The molecule has 0 spiro atoms. The number of aliphatic carboxylic acids is 1. The number of hydrogen-bond donors (Lipinski definition) is 1. The van der Waals surface area contributed by atoms with Crippen molar-refractivity contribution in [3.05, 3.63) is 0 Å². The molecule has 0 saturated carbocycles. The Hall–Kier alpha value is -0.650. The lowest BCUT2D eigenvalue weighted by Gasteiger charge is -2.31. The smallest absolute Gasteiger partial charge is 0.303 e. The Morgan fingerprint density at radius 1 is 1.26 bits per heavy atom. The molecule has 19 heavy (non-hydrogen) atoms. The predicted molar refractivity (Wildman–Crippen MR) is 73.3 cm³/mol. The largest absolute Gasteiger partial charge is 0.481 e. The van der Waals surface area contributed by atoms with E-state index >= 15 is 0 Å². The van der Waals surface area contributed by atoms with E-state index in [1.54, 1.807) is 7.11 Å². The zero-order valence-electron chi connectivity index (χ0n) is 12.0. The van der Waals surface area contributed by atoms with Crippen molar-refractivity contribution in [1.29, 1.82) is 0 Å². The third-order valence-electron chi connectivity index (χ3n) is 3.67. The molecule has 1 fully saturated rings. The molecule has 1 N–H and O–H groups in total. The van der Waals surface area contributed by atoms with Crippen molar-refractivity contribution in [1.82, 2.24) is 4.90 Å². The molecular weight excluding hydrogens is 246 g/mol. The lowest BCUT2D eigenvalue weighted by molar-refractivity contribution is -0.137. The van der Waals surface area contributed by atoms with E-state index in [0.717, 1.165) is 51.9 Å². The van der Waals surface area contributed by atoms with Crippen molar-refractivity contribution in [3.8, 4) is 0 Å². The Kier molecular flexibility index (Phi) is 8.79. The van der Waals surface area contributed by atoms with Crippen LogP contribution in [0.25, 0.3) is 0 Å². The summed E-state index contributed by atoms with van der Waals surface area (Å²) in [6, 6.07) is 0. The van der Waals surface area contributed by atoms with Gasteiger partial charge in [0.25, 0.3) is 0 Å². The molecular formula is C14H27NO4. The summed E-state index contributed by atoms with van der Waals surface area (Å²) in [5.41, 5.74) is 0. The lowest BCUT2D eigenvalue weighted by Crippen LogP contribution is -2.35. The van der Waals surface area contributed by atoms with Crippen LogP contribution in [0.2, 0.25) is 0 Å². The molecule has 1 rings (SSSR count). The highest BCUT2D eigenvalue weighted by Crippen LogP contribution is 2.21. The molecule has 0 aromatic rings. The summed E-state index contributed by atoms with van der Waals surface area (Å²) in [6.07, 6.45) is 4.49. The van der Waals surface area contributed by atoms with Gasteiger partial charge in [-0.2, -0.15) is 0 Å². The fourth-order valence-electron chi connectivity index (χ4n) is 2.46. The number of carboxylic acid groups (broad SMARTS) is 1. The van der Waals surface area contributed by atoms with Crippen LogP contribution in [-0.4, -0.2) is 62.5 Å². The Morgan fingerprint density at radius 3 is 2.63 bits per heavy atom. The van der Waals surface area contributed by atoms with Crippen molar-refractivity contribution in [2.75, 3.05) is 46.6 Å². The predicted octanol–water partition coefficient (Wildman–Crippen LogP) is 1.62. The fourth-order valence-corrected chi connectivity index (χ4v) is 2.46. The number of carboxylic acids is 1. The molecule has 0 aliphatic carbocycles. The van der Waals surface area contributed by atoms with E-state index in [4.69, 9.17) is 14.6 Å². The Labute approximate surface area is 115 Å². The average molecular weight is 273 g/mol. The quantitative estimate of drug-likeness (QED) is 0.613. The van der Waals surface area contributed by atoms with Crippen LogP contribution < -0.4 is 0 Å². The van der Waals surface area contributed by atoms with Gasteiger partial charge < -0.3 is 19.5 Å². The molecule has 0 atom stereocenters. The molecule has 0 amide bonds. The first-order valence-corrected chi connectivity index (χ1v) is 7.23. The van der Waals surface area contributed by atoms with Gasteiger partial charge in [-0.15, -0.1) is 0 Å². The van der Waals surface area contributed by atoms with Crippen LogP contribution in [0, 0.1) is 5.92 Å². The summed E-state index contributed by atoms with van der Waals surface area (Å²) in [7, 11) is 1.68.